The van der Waals surface area contributed by atoms with E-state index < -0.39 is 28.2 Å². The number of amides is 2. The zero-order valence-corrected chi connectivity index (χ0v) is 18.8. The molecule has 2 amide bonds. The predicted molar refractivity (Wildman–Crippen MR) is 115 cm³/mol. The number of benzene rings is 2. The van der Waals surface area contributed by atoms with Gasteiger partial charge in [-0.05, 0) is 49.0 Å². The van der Waals surface area contributed by atoms with Crippen molar-refractivity contribution >= 4 is 55.0 Å². The number of rotatable bonds is 0. The van der Waals surface area contributed by atoms with Crippen molar-refractivity contribution in [1.29, 1.82) is 10.5 Å². The molecule has 2 aromatic rings. The van der Waals surface area contributed by atoms with Crippen LogP contribution in [-0.4, -0.2) is 30.3 Å². The number of hydrogen-bond donors (Lipinski definition) is 2. The number of nitrogens with zero attached hydrogens (tertiary/aromatic N) is 3. The summed E-state index contributed by atoms with van der Waals surface area (Å²) in [7, 11) is 1.68. The van der Waals surface area contributed by atoms with Crippen LogP contribution in [0.15, 0.2) is 45.3 Å². The van der Waals surface area contributed by atoms with E-state index in [4.69, 9.17) is 0 Å². The number of hydrogen-bond acceptors (Lipinski definition) is 5. The molecule has 3 aliphatic rings. The van der Waals surface area contributed by atoms with E-state index in [2.05, 4.69) is 54.6 Å². The van der Waals surface area contributed by atoms with Crippen LogP contribution in [0.2, 0.25) is 0 Å². The van der Waals surface area contributed by atoms with Crippen LogP contribution in [0, 0.1) is 28.1 Å². The van der Waals surface area contributed by atoms with Crippen molar-refractivity contribution in [3.05, 3.63) is 56.5 Å². The molecule has 0 unspecified atom stereocenters. The quantitative estimate of drug-likeness (QED) is 0.547. The Labute approximate surface area is 188 Å². The van der Waals surface area contributed by atoms with Gasteiger partial charge in [0, 0.05) is 32.4 Å². The lowest BCUT2D eigenvalue weighted by Gasteiger charge is -2.43. The summed E-state index contributed by atoms with van der Waals surface area (Å²) in [5.74, 6) is -0.973. The first-order valence-corrected chi connectivity index (χ1v) is 10.6. The number of likely N-dealkylation sites (N-methyl/N-ethyl adjacent to an activating group) is 1. The molecule has 2 atom stereocenters. The van der Waals surface area contributed by atoms with E-state index in [-0.39, 0.29) is 6.54 Å². The third-order valence-electron chi connectivity index (χ3n) is 6.53. The highest BCUT2D eigenvalue weighted by Gasteiger charge is 2.82. The minimum absolute atomic E-state index is 0.0707. The van der Waals surface area contributed by atoms with E-state index in [0.717, 1.165) is 4.47 Å². The topological polar surface area (TPSA) is 109 Å². The molecule has 1 fully saturated rings. The highest BCUT2D eigenvalue weighted by atomic mass is 79.9. The molecule has 0 aliphatic carbocycles. The number of likely N-dealkylation sites (tertiary alicyclic amines) is 1. The van der Waals surface area contributed by atoms with Gasteiger partial charge in [0.2, 0.25) is 5.91 Å². The largest absolute Gasteiger partial charge is 0.325 e. The Morgan fingerprint density at radius 1 is 0.933 bits per heavy atom. The molecule has 0 radical (unpaired) electrons. The Bertz CT molecular complexity index is 1250. The van der Waals surface area contributed by atoms with Crippen LogP contribution in [0.1, 0.15) is 11.1 Å². The molecule has 3 aliphatic heterocycles. The van der Waals surface area contributed by atoms with Crippen LogP contribution in [0.4, 0.5) is 11.4 Å². The van der Waals surface area contributed by atoms with Gasteiger partial charge >= 0.3 is 0 Å². The van der Waals surface area contributed by atoms with E-state index in [9.17, 15) is 20.1 Å². The van der Waals surface area contributed by atoms with Crippen molar-refractivity contribution in [2.45, 2.75) is 11.0 Å². The molecular weight excluding hydrogens is 514 g/mol. The maximum absolute atomic E-state index is 13.8. The van der Waals surface area contributed by atoms with Crippen molar-refractivity contribution in [2.75, 3.05) is 24.2 Å². The molecule has 2 spiro atoms. The summed E-state index contributed by atoms with van der Waals surface area (Å²) in [4.78, 5) is 29.2. The molecule has 2 N–H and O–H groups in total. The molecule has 1 saturated heterocycles. The lowest BCUT2D eigenvalue weighted by molar-refractivity contribution is -0.137. The third kappa shape index (κ3) is 1.83. The maximum atomic E-state index is 13.8. The van der Waals surface area contributed by atoms with Crippen molar-refractivity contribution in [3.8, 4) is 12.1 Å². The van der Waals surface area contributed by atoms with Crippen LogP contribution in [-0.2, 0) is 20.5 Å². The normalized spacial score (nSPS) is 28.0. The summed E-state index contributed by atoms with van der Waals surface area (Å²) in [6, 6.07) is 14.8. The summed E-state index contributed by atoms with van der Waals surface area (Å²) in [6.07, 6.45) is 0. The second kappa shape index (κ2) is 5.92. The fraction of sp³-hybridized carbons (Fsp3) is 0.238. The lowest BCUT2D eigenvalue weighted by atomic mass is 9.54. The molecule has 2 aromatic carbocycles. The zero-order chi connectivity index (χ0) is 21.5. The highest BCUT2D eigenvalue weighted by Crippen LogP contribution is 2.67. The predicted octanol–water partition coefficient (Wildman–Crippen LogP) is 3.23. The molecule has 7 nitrogen and oxygen atoms in total. The molecule has 9 heteroatoms. The summed E-state index contributed by atoms with van der Waals surface area (Å²) in [5, 5.41) is 26.3. The summed E-state index contributed by atoms with van der Waals surface area (Å²) in [6.45, 7) is -0.0707. The fourth-order valence-electron chi connectivity index (χ4n) is 5.52. The van der Waals surface area contributed by atoms with Gasteiger partial charge in [-0.25, -0.2) is 0 Å². The Kier molecular flexibility index (Phi) is 3.80. The molecule has 0 bridgehead atoms. The molecule has 148 valence electrons. The fourth-order valence-corrected chi connectivity index (χ4v) is 6.24. The van der Waals surface area contributed by atoms with Gasteiger partial charge in [0.25, 0.3) is 5.91 Å². The van der Waals surface area contributed by atoms with E-state index in [1.807, 2.05) is 0 Å². The van der Waals surface area contributed by atoms with Gasteiger partial charge in [0.1, 0.15) is 11.0 Å². The number of nitriles is 2. The van der Waals surface area contributed by atoms with Gasteiger partial charge in [-0.2, -0.15) is 10.5 Å². The zero-order valence-electron chi connectivity index (χ0n) is 15.6. The van der Waals surface area contributed by atoms with Crippen LogP contribution in [0.25, 0.3) is 0 Å². The molecule has 0 aromatic heterocycles. The van der Waals surface area contributed by atoms with E-state index in [1.165, 1.54) is 0 Å². The molecular formula is C21H13Br2N5O2. The molecule has 3 heterocycles. The van der Waals surface area contributed by atoms with Crippen LogP contribution >= 0.6 is 31.9 Å². The van der Waals surface area contributed by atoms with Crippen molar-refractivity contribution < 1.29 is 9.59 Å². The standard InChI is InChI=1S/C21H13Br2N5O2/c1-28-10-19(8-24,9-25)20(13-6-11(22)2-4-15(13)26-17(20)29)21(28)14-7-12(23)3-5-16(14)27-18(21)30/h2-7H,10H2,1H3,(H,26,29)(H,27,30)/t20-,21+/m1/s1. The first kappa shape index (κ1) is 19.3. The number of nitrogens with one attached hydrogen (secondary N) is 2. The molecule has 0 saturated carbocycles. The number of halogens is 2. The SMILES string of the molecule is CN1CC(C#N)(C#N)[C@@]2(C(=O)Nc3ccc(Br)cc32)[C@]12C(=O)Nc1ccc(Br)cc12. The monoisotopic (exact) mass is 525 g/mol. The second-order valence-electron chi connectivity index (χ2n) is 7.73. The van der Waals surface area contributed by atoms with Gasteiger partial charge in [0.05, 0.1) is 12.1 Å². The highest BCUT2D eigenvalue weighted by molar-refractivity contribution is 9.10. The van der Waals surface area contributed by atoms with Crippen LogP contribution in [0.5, 0.6) is 0 Å². The smallest absolute Gasteiger partial charge is 0.251 e. The lowest BCUT2D eigenvalue weighted by Crippen LogP contribution is -2.63. The van der Waals surface area contributed by atoms with Gasteiger partial charge in [-0.3, -0.25) is 14.5 Å². The second-order valence-corrected chi connectivity index (χ2v) is 9.56. The number of fused-ring (bicyclic) bond motifs is 5. The number of anilines is 2. The Balaban J connectivity index is 2.01. The molecule has 5 rings (SSSR count). The van der Waals surface area contributed by atoms with Crippen LogP contribution < -0.4 is 10.6 Å². The van der Waals surface area contributed by atoms with Crippen molar-refractivity contribution in [3.63, 3.8) is 0 Å². The van der Waals surface area contributed by atoms with Crippen molar-refractivity contribution in [1.82, 2.24) is 4.90 Å². The minimum atomic E-state index is -1.79. The summed E-state index contributed by atoms with van der Waals surface area (Å²) < 4.78 is 1.40. The Morgan fingerprint density at radius 3 is 2.07 bits per heavy atom. The van der Waals surface area contributed by atoms with Gasteiger partial charge < -0.3 is 10.6 Å². The third-order valence-corrected chi connectivity index (χ3v) is 7.52. The van der Waals surface area contributed by atoms with Crippen molar-refractivity contribution in [2.24, 2.45) is 5.41 Å². The maximum Gasteiger partial charge on any atom is 0.251 e. The van der Waals surface area contributed by atoms with E-state index in [1.54, 1.807) is 48.3 Å². The summed E-state index contributed by atoms with van der Waals surface area (Å²) >= 11 is 6.90. The Morgan fingerprint density at radius 2 is 1.47 bits per heavy atom. The number of carbonyl (C=O) groups is 2. The van der Waals surface area contributed by atoms with Gasteiger partial charge in [-0.15, -0.1) is 0 Å². The molecule has 30 heavy (non-hydrogen) atoms. The van der Waals surface area contributed by atoms with E-state index in [0.29, 0.717) is 27.0 Å². The Hall–Kier alpha value is -2.72. The van der Waals surface area contributed by atoms with E-state index >= 15 is 0 Å². The minimum Gasteiger partial charge on any atom is -0.325 e. The first-order chi connectivity index (χ1) is 14.3. The number of carbonyl (C=O) groups excluding carboxylic acids is 2. The average Bonchev–Trinajstić information content (AvgIpc) is 3.26. The van der Waals surface area contributed by atoms with Gasteiger partial charge in [-0.1, -0.05) is 31.9 Å². The van der Waals surface area contributed by atoms with Crippen LogP contribution in [0.3, 0.4) is 0 Å². The summed E-state index contributed by atoms with van der Waals surface area (Å²) in [5.41, 5.74) is -3.08. The first-order valence-electron chi connectivity index (χ1n) is 9.05. The average molecular weight is 527 g/mol. The van der Waals surface area contributed by atoms with Gasteiger partial charge in [0.15, 0.2) is 5.41 Å².